The molecule has 9 nitrogen and oxygen atoms in total. The van der Waals surface area contributed by atoms with Gasteiger partial charge in [0.2, 0.25) is 5.95 Å². The summed E-state index contributed by atoms with van der Waals surface area (Å²) in [6.07, 6.45) is -0.374. The van der Waals surface area contributed by atoms with Crippen LogP contribution in [0.1, 0.15) is 34.7 Å². The van der Waals surface area contributed by atoms with Crippen molar-refractivity contribution in [1.29, 1.82) is 0 Å². The molecule has 1 aliphatic rings. The Bertz CT molecular complexity index is 1370. The Morgan fingerprint density at radius 3 is 2.64 bits per heavy atom. The van der Waals surface area contributed by atoms with Gasteiger partial charge in [0.25, 0.3) is 5.91 Å². The van der Waals surface area contributed by atoms with Crippen LogP contribution >= 0.6 is 0 Å². The molecule has 1 saturated carbocycles. The fourth-order valence-corrected chi connectivity index (χ4v) is 4.06. The molecule has 4 N–H and O–H groups in total. The molecule has 0 radical (unpaired) electrons. The predicted octanol–water partition coefficient (Wildman–Crippen LogP) is 3.95. The van der Waals surface area contributed by atoms with Crippen LogP contribution in [0.15, 0.2) is 42.6 Å². The van der Waals surface area contributed by atoms with E-state index in [0.29, 0.717) is 36.3 Å². The van der Waals surface area contributed by atoms with Crippen LogP contribution in [0.5, 0.6) is 0 Å². The number of amides is 1. The zero-order valence-electron chi connectivity index (χ0n) is 19.5. The molecule has 4 aromatic rings. The molecule has 0 aliphatic heterocycles. The number of carbonyl (C=O) groups is 1. The molecule has 1 fully saturated rings. The van der Waals surface area contributed by atoms with Gasteiger partial charge in [0.1, 0.15) is 6.54 Å². The number of benzene rings is 2. The Morgan fingerprint density at radius 2 is 1.94 bits per heavy atom. The van der Waals surface area contributed by atoms with Gasteiger partial charge in [-0.1, -0.05) is 12.1 Å². The number of likely N-dealkylation sites (N-methyl/N-ethyl adjacent to an activating group) is 1. The van der Waals surface area contributed by atoms with Gasteiger partial charge in [0.05, 0.1) is 18.3 Å². The van der Waals surface area contributed by atoms with Crippen molar-refractivity contribution in [2.24, 2.45) is 0 Å². The lowest BCUT2D eigenvalue weighted by molar-refractivity contribution is -0.123. The first kappa shape index (κ1) is 23.8. The summed E-state index contributed by atoms with van der Waals surface area (Å²) in [6.45, 7) is -0.143. The number of nitrogens with one attached hydrogen (secondary N) is 4. The monoisotopic (exact) mass is 498 g/mol. The highest BCUT2D eigenvalue weighted by Gasteiger charge is 2.29. The summed E-state index contributed by atoms with van der Waals surface area (Å²) >= 11 is 0. The molecule has 36 heavy (non-hydrogen) atoms. The number of hydrogen-bond acceptors (Lipinski definition) is 6. The Balaban J connectivity index is 1.41. The van der Waals surface area contributed by atoms with E-state index in [-0.39, 0.29) is 5.56 Å². The van der Waals surface area contributed by atoms with Gasteiger partial charge in [0, 0.05) is 28.7 Å². The van der Waals surface area contributed by atoms with Crippen LogP contribution in [0, 0.1) is 0 Å². The van der Waals surface area contributed by atoms with E-state index in [1.807, 2.05) is 30.7 Å². The van der Waals surface area contributed by atoms with E-state index in [4.69, 9.17) is 4.98 Å². The van der Waals surface area contributed by atoms with E-state index in [1.165, 1.54) is 17.7 Å². The molecule has 0 bridgehead atoms. The first-order valence-electron chi connectivity index (χ1n) is 11.6. The summed E-state index contributed by atoms with van der Waals surface area (Å²) in [5.41, 5.74) is 3.91. The molecule has 12 heteroatoms. The molecular formula is C24H25F3N8O. The van der Waals surface area contributed by atoms with Crippen molar-refractivity contribution in [3.05, 3.63) is 53.7 Å². The van der Waals surface area contributed by atoms with Crippen molar-refractivity contribution >= 4 is 28.4 Å². The third-order valence-corrected chi connectivity index (χ3v) is 6.00. The van der Waals surface area contributed by atoms with Gasteiger partial charge in [0.15, 0.2) is 5.82 Å². The van der Waals surface area contributed by atoms with Crippen LogP contribution in [0.2, 0.25) is 0 Å². The number of hydrogen-bond donors (Lipinski definition) is 4. The van der Waals surface area contributed by atoms with Crippen LogP contribution in [-0.4, -0.2) is 57.2 Å². The number of rotatable bonds is 9. The van der Waals surface area contributed by atoms with Crippen LogP contribution in [0.25, 0.3) is 22.3 Å². The average molecular weight is 499 g/mol. The van der Waals surface area contributed by atoms with E-state index in [1.54, 1.807) is 16.8 Å². The van der Waals surface area contributed by atoms with Gasteiger partial charge in [-0.2, -0.15) is 23.3 Å². The third kappa shape index (κ3) is 5.18. The number of alkyl halides is 3. The maximum absolute atomic E-state index is 12.4. The Kier molecular flexibility index (Phi) is 6.35. The summed E-state index contributed by atoms with van der Waals surface area (Å²) in [5, 5.41) is 21.4. The Hall–Kier alpha value is -3.93. The molecule has 0 atom stereocenters. The SMILES string of the molecule is CNCCn1nc(-c2ccc(C(=O)NCC(F)(F)F)cc2)nc1Nc1ccc2[nH]ncc2c1C1CC1. The van der Waals surface area contributed by atoms with Crippen LogP contribution < -0.4 is 16.0 Å². The highest BCUT2D eigenvalue weighted by molar-refractivity contribution is 5.94. The fourth-order valence-electron chi connectivity index (χ4n) is 4.06. The van der Waals surface area contributed by atoms with Gasteiger partial charge < -0.3 is 16.0 Å². The normalized spacial score (nSPS) is 13.8. The molecule has 2 aromatic heterocycles. The summed E-state index contributed by atoms with van der Waals surface area (Å²) < 4.78 is 38.9. The zero-order valence-corrected chi connectivity index (χ0v) is 19.5. The summed E-state index contributed by atoms with van der Waals surface area (Å²) in [5.74, 6) is 0.680. The van der Waals surface area contributed by atoms with Crippen LogP contribution in [-0.2, 0) is 6.54 Å². The molecule has 0 spiro atoms. The second-order valence-corrected chi connectivity index (χ2v) is 8.72. The van der Waals surface area contributed by atoms with Gasteiger partial charge in [-0.25, -0.2) is 4.68 Å². The van der Waals surface area contributed by atoms with Gasteiger partial charge in [-0.05, 0) is 55.6 Å². The number of fused-ring (bicyclic) bond motifs is 1. The summed E-state index contributed by atoms with van der Waals surface area (Å²) in [7, 11) is 1.85. The Morgan fingerprint density at radius 1 is 1.17 bits per heavy atom. The molecule has 2 aromatic carbocycles. The number of carbonyl (C=O) groups excluding carboxylic acids is 1. The molecule has 0 unspecified atom stereocenters. The lowest BCUT2D eigenvalue weighted by Gasteiger charge is -2.13. The minimum absolute atomic E-state index is 0.124. The van der Waals surface area contributed by atoms with Crippen LogP contribution in [0.3, 0.4) is 0 Å². The van der Waals surface area contributed by atoms with Crippen LogP contribution in [0.4, 0.5) is 24.8 Å². The van der Waals surface area contributed by atoms with Crippen molar-refractivity contribution in [2.75, 3.05) is 25.5 Å². The van der Waals surface area contributed by atoms with E-state index >= 15 is 0 Å². The van der Waals surface area contributed by atoms with E-state index in [9.17, 15) is 18.0 Å². The minimum Gasteiger partial charge on any atom is -0.343 e. The topological polar surface area (TPSA) is 113 Å². The minimum atomic E-state index is -4.47. The maximum atomic E-state index is 12.4. The zero-order chi connectivity index (χ0) is 25.3. The summed E-state index contributed by atoms with van der Waals surface area (Å²) in [6, 6.07) is 10.2. The first-order chi connectivity index (χ1) is 17.3. The van der Waals surface area contributed by atoms with Crippen molar-refractivity contribution in [2.45, 2.75) is 31.5 Å². The molecule has 0 saturated heterocycles. The van der Waals surface area contributed by atoms with E-state index in [2.05, 4.69) is 25.9 Å². The standard InChI is InChI=1S/C24H25F3N8O/c1-28-10-11-35-23(31-19-9-8-18-17(12-30-33-18)20(19)14-2-3-14)32-21(34-35)15-4-6-16(7-5-15)22(36)29-13-24(25,26)27/h4-9,12,14,28H,2-3,10-11,13H2,1H3,(H,29,36)(H,30,33)(H,31,32,34). The van der Waals surface area contributed by atoms with Gasteiger partial charge >= 0.3 is 6.18 Å². The van der Waals surface area contributed by atoms with E-state index < -0.39 is 18.6 Å². The number of H-pyrrole nitrogens is 1. The van der Waals surface area contributed by atoms with Gasteiger partial charge in [-0.15, -0.1) is 5.10 Å². The second-order valence-electron chi connectivity index (χ2n) is 8.72. The van der Waals surface area contributed by atoms with Crippen molar-refractivity contribution in [3.63, 3.8) is 0 Å². The number of aromatic nitrogens is 5. The van der Waals surface area contributed by atoms with Gasteiger partial charge in [-0.3, -0.25) is 9.89 Å². The number of aromatic amines is 1. The molecule has 5 rings (SSSR count). The van der Waals surface area contributed by atoms with Crippen molar-refractivity contribution < 1.29 is 18.0 Å². The summed E-state index contributed by atoms with van der Waals surface area (Å²) in [4.78, 5) is 16.7. The molecule has 2 heterocycles. The van der Waals surface area contributed by atoms with Crippen molar-refractivity contribution in [1.82, 2.24) is 35.6 Å². The first-order valence-corrected chi connectivity index (χ1v) is 11.6. The smallest absolute Gasteiger partial charge is 0.343 e. The van der Waals surface area contributed by atoms with E-state index in [0.717, 1.165) is 29.4 Å². The number of halogens is 3. The Labute approximate surface area is 204 Å². The number of nitrogens with zero attached hydrogens (tertiary/aromatic N) is 4. The molecular weight excluding hydrogens is 473 g/mol. The highest BCUT2D eigenvalue weighted by Crippen LogP contribution is 2.47. The number of anilines is 2. The second kappa shape index (κ2) is 9.61. The average Bonchev–Trinajstić information content (AvgIpc) is 3.44. The molecule has 188 valence electrons. The predicted molar refractivity (Wildman–Crippen MR) is 129 cm³/mol. The molecule has 1 amide bonds. The highest BCUT2D eigenvalue weighted by atomic mass is 19.4. The lowest BCUT2D eigenvalue weighted by Crippen LogP contribution is -2.33. The lowest BCUT2D eigenvalue weighted by atomic mass is 10.0. The quantitative estimate of drug-likeness (QED) is 0.278. The third-order valence-electron chi connectivity index (χ3n) is 6.00. The fraction of sp³-hybridized carbons (Fsp3) is 0.333. The largest absolute Gasteiger partial charge is 0.405 e. The maximum Gasteiger partial charge on any atom is 0.405 e. The molecule has 1 aliphatic carbocycles. The van der Waals surface area contributed by atoms with Crippen molar-refractivity contribution in [3.8, 4) is 11.4 Å².